The van der Waals surface area contributed by atoms with E-state index in [0.717, 1.165) is 30.6 Å². The predicted molar refractivity (Wildman–Crippen MR) is 116 cm³/mol. The number of ketones is 2. The number of anilines is 1. The number of allylic oxidation sites excluding steroid dienone is 2. The van der Waals surface area contributed by atoms with Crippen LogP contribution in [-0.4, -0.2) is 42.7 Å². The van der Waals surface area contributed by atoms with E-state index in [4.69, 9.17) is 16.0 Å². The van der Waals surface area contributed by atoms with Gasteiger partial charge in [0.25, 0.3) is 6.01 Å². The number of rotatable bonds is 9. The van der Waals surface area contributed by atoms with Gasteiger partial charge in [0.2, 0.25) is 11.6 Å². The second-order valence-electron chi connectivity index (χ2n) is 6.84. The number of oxazole rings is 1. The second kappa shape index (κ2) is 9.11. The summed E-state index contributed by atoms with van der Waals surface area (Å²) in [6.07, 6.45) is 0.764. The number of para-hydroxylation sites is 2. The minimum atomic E-state index is -0.322. The average Bonchev–Trinajstić information content (AvgIpc) is 3.19. The van der Waals surface area contributed by atoms with Crippen LogP contribution in [0.3, 0.4) is 0 Å². The summed E-state index contributed by atoms with van der Waals surface area (Å²) in [5, 5.41) is 9.41. The maximum atomic E-state index is 12.6. The molecule has 0 unspecified atom stereocenters. The SMILES string of the molecule is O=C1C(Cl)=C(NCCCNCCNc2nc3ccccc3o2)C(=O)c2ccccc21. The number of nitrogens with one attached hydrogen (secondary N) is 3. The van der Waals surface area contributed by atoms with Crippen molar-refractivity contribution in [1.29, 1.82) is 0 Å². The Hall–Kier alpha value is -3.16. The molecule has 0 atom stereocenters. The Labute approximate surface area is 178 Å². The molecule has 0 radical (unpaired) electrons. The Kier molecular flexibility index (Phi) is 6.11. The first-order chi connectivity index (χ1) is 14.6. The number of halogens is 1. The highest BCUT2D eigenvalue weighted by molar-refractivity contribution is 6.49. The van der Waals surface area contributed by atoms with E-state index < -0.39 is 0 Å². The van der Waals surface area contributed by atoms with Gasteiger partial charge >= 0.3 is 0 Å². The first-order valence-electron chi connectivity index (χ1n) is 9.77. The van der Waals surface area contributed by atoms with Gasteiger partial charge in [-0.05, 0) is 25.1 Å². The van der Waals surface area contributed by atoms with Gasteiger partial charge in [0.15, 0.2) is 5.58 Å². The molecule has 0 spiro atoms. The van der Waals surface area contributed by atoms with Crippen LogP contribution in [0.25, 0.3) is 11.1 Å². The number of carbonyl (C=O) groups is 2. The maximum Gasteiger partial charge on any atom is 0.295 e. The van der Waals surface area contributed by atoms with Crippen molar-refractivity contribution in [3.05, 3.63) is 70.4 Å². The first-order valence-corrected chi connectivity index (χ1v) is 10.1. The van der Waals surface area contributed by atoms with Gasteiger partial charge in [-0.25, -0.2) is 0 Å². The van der Waals surface area contributed by atoms with Gasteiger partial charge in [0, 0.05) is 30.8 Å². The molecule has 154 valence electrons. The minimum absolute atomic E-state index is 0.0470. The third kappa shape index (κ3) is 4.22. The molecule has 0 saturated carbocycles. The topological polar surface area (TPSA) is 96.3 Å². The van der Waals surface area contributed by atoms with Crippen molar-refractivity contribution in [1.82, 2.24) is 15.6 Å². The molecule has 3 N–H and O–H groups in total. The van der Waals surface area contributed by atoms with Crippen molar-refractivity contribution < 1.29 is 14.0 Å². The summed E-state index contributed by atoms with van der Waals surface area (Å²) in [5.41, 5.74) is 2.50. The van der Waals surface area contributed by atoms with E-state index in [0.29, 0.717) is 30.2 Å². The zero-order valence-electron chi connectivity index (χ0n) is 16.2. The van der Waals surface area contributed by atoms with Crippen LogP contribution in [0.1, 0.15) is 27.1 Å². The van der Waals surface area contributed by atoms with E-state index in [9.17, 15) is 9.59 Å². The summed E-state index contributed by atoms with van der Waals surface area (Å²) >= 11 is 6.13. The molecule has 3 aromatic rings. The smallest absolute Gasteiger partial charge is 0.295 e. The van der Waals surface area contributed by atoms with E-state index in [1.807, 2.05) is 24.3 Å². The number of hydrogen-bond acceptors (Lipinski definition) is 7. The van der Waals surface area contributed by atoms with Crippen molar-refractivity contribution in [3.8, 4) is 0 Å². The minimum Gasteiger partial charge on any atom is -0.424 e. The van der Waals surface area contributed by atoms with Crippen LogP contribution in [0, 0.1) is 0 Å². The number of fused-ring (bicyclic) bond motifs is 2. The molecule has 8 heteroatoms. The van der Waals surface area contributed by atoms with Crippen LogP contribution < -0.4 is 16.0 Å². The van der Waals surface area contributed by atoms with E-state index in [-0.39, 0.29) is 22.3 Å². The molecule has 1 aliphatic rings. The van der Waals surface area contributed by atoms with E-state index in [2.05, 4.69) is 20.9 Å². The Morgan fingerprint density at radius 2 is 1.57 bits per heavy atom. The van der Waals surface area contributed by atoms with Crippen molar-refractivity contribution in [2.45, 2.75) is 6.42 Å². The van der Waals surface area contributed by atoms with Crippen LogP contribution >= 0.6 is 11.6 Å². The average molecular weight is 425 g/mol. The summed E-state index contributed by atoms with van der Waals surface area (Å²) in [6.45, 7) is 2.66. The normalized spacial score (nSPS) is 13.6. The van der Waals surface area contributed by atoms with Gasteiger partial charge in [-0.3, -0.25) is 9.59 Å². The molecule has 1 aromatic heterocycles. The maximum absolute atomic E-state index is 12.6. The molecule has 1 heterocycles. The highest BCUT2D eigenvalue weighted by Gasteiger charge is 2.30. The molecule has 0 fully saturated rings. The summed E-state index contributed by atoms with van der Waals surface area (Å²) < 4.78 is 5.60. The molecule has 0 saturated heterocycles. The lowest BCUT2D eigenvalue weighted by Gasteiger charge is -2.18. The van der Waals surface area contributed by atoms with Crippen LogP contribution in [0.15, 0.2) is 63.7 Å². The number of carbonyl (C=O) groups excluding carboxylic acids is 2. The largest absolute Gasteiger partial charge is 0.424 e. The van der Waals surface area contributed by atoms with Crippen molar-refractivity contribution in [3.63, 3.8) is 0 Å². The lowest BCUT2D eigenvalue weighted by atomic mass is 9.92. The fraction of sp³-hybridized carbons (Fsp3) is 0.227. The number of hydrogen-bond donors (Lipinski definition) is 3. The van der Waals surface area contributed by atoms with Gasteiger partial charge in [-0.2, -0.15) is 4.98 Å². The summed E-state index contributed by atoms with van der Waals surface area (Å²) in [4.78, 5) is 29.3. The van der Waals surface area contributed by atoms with Crippen LogP contribution in [-0.2, 0) is 0 Å². The van der Waals surface area contributed by atoms with Gasteiger partial charge in [-0.15, -0.1) is 0 Å². The third-order valence-electron chi connectivity index (χ3n) is 4.77. The summed E-state index contributed by atoms with van der Waals surface area (Å²) in [5.74, 6) is -0.566. The summed E-state index contributed by atoms with van der Waals surface area (Å²) in [6, 6.07) is 14.8. The van der Waals surface area contributed by atoms with Gasteiger partial charge in [0.1, 0.15) is 16.2 Å². The summed E-state index contributed by atoms with van der Waals surface area (Å²) in [7, 11) is 0. The Morgan fingerprint density at radius 3 is 2.37 bits per heavy atom. The van der Waals surface area contributed by atoms with Crippen molar-refractivity contribution >= 4 is 40.3 Å². The molecule has 0 bridgehead atoms. The van der Waals surface area contributed by atoms with Crippen molar-refractivity contribution in [2.24, 2.45) is 0 Å². The quantitative estimate of drug-likeness (QED) is 0.453. The molecular weight excluding hydrogens is 404 g/mol. The van der Waals surface area contributed by atoms with Crippen LogP contribution in [0.2, 0.25) is 0 Å². The molecule has 7 nitrogen and oxygen atoms in total. The van der Waals surface area contributed by atoms with E-state index in [1.165, 1.54) is 0 Å². The van der Waals surface area contributed by atoms with E-state index in [1.54, 1.807) is 24.3 Å². The number of aromatic nitrogens is 1. The van der Waals surface area contributed by atoms with Crippen molar-refractivity contribution in [2.75, 3.05) is 31.5 Å². The Bertz CT molecular complexity index is 1090. The third-order valence-corrected chi connectivity index (χ3v) is 5.13. The standard InChI is InChI=1S/C22H21ClN4O3/c23-18-19(21(29)15-7-2-1-6-14(15)20(18)28)25-11-5-10-24-12-13-26-22-27-16-8-3-4-9-17(16)30-22/h1-4,6-9,24-25H,5,10-13H2,(H,26,27). The lowest BCUT2D eigenvalue weighted by Crippen LogP contribution is -2.31. The monoisotopic (exact) mass is 424 g/mol. The molecule has 1 aliphatic carbocycles. The Balaban J connectivity index is 1.17. The predicted octanol–water partition coefficient (Wildman–Crippen LogP) is 3.34. The second-order valence-corrected chi connectivity index (χ2v) is 7.21. The molecule has 2 aromatic carbocycles. The van der Waals surface area contributed by atoms with Crippen LogP contribution in [0.5, 0.6) is 0 Å². The zero-order chi connectivity index (χ0) is 20.9. The van der Waals surface area contributed by atoms with E-state index >= 15 is 0 Å². The molecule has 4 rings (SSSR count). The lowest BCUT2D eigenvalue weighted by molar-refractivity contribution is 0.0974. The van der Waals surface area contributed by atoms with Gasteiger partial charge in [0.05, 0.1) is 0 Å². The number of Topliss-reactive ketones (excluding diaryl/α,β-unsaturated/α-hetero) is 2. The zero-order valence-corrected chi connectivity index (χ0v) is 17.0. The molecule has 0 amide bonds. The number of nitrogens with zero attached hydrogens (tertiary/aromatic N) is 1. The van der Waals surface area contributed by atoms with Crippen LogP contribution in [0.4, 0.5) is 6.01 Å². The van der Waals surface area contributed by atoms with Gasteiger partial charge < -0.3 is 20.4 Å². The molecule has 0 aliphatic heterocycles. The number of benzene rings is 2. The molecule has 30 heavy (non-hydrogen) atoms. The molecular formula is C22H21ClN4O3. The van der Waals surface area contributed by atoms with Gasteiger partial charge in [-0.1, -0.05) is 48.0 Å². The highest BCUT2D eigenvalue weighted by atomic mass is 35.5. The fourth-order valence-corrected chi connectivity index (χ4v) is 3.51. The first kappa shape index (κ1) is 20.1. The Morgan fingerprint density at radius 1 is 0.833 bits per heavy atom. The highest BCUT2D eigenvalue weighted by Crippen LogP contribution is 2.27. The fourth-order valence-electron chi connectivity index (χ4n) is 3.26.